The lowest BCUT2D eigenvalue weighted by Gasteiger charge is -2.13. The summed E-state index contributed by atoms with van der Waals surface area (Å²) < 4.78 is 21.4. The molecule has 0 N–H and O–H groups in total. The summed E-state index contributed by atoms with van der Waals surface area (Å²) in [5, 5.41) is 0. The Bertz CT molecular complexity index is 373. The highest BCUT2D eigenvalue weighted by Crippen LogP contribution is 2.03. The predicted molar refractivity (Wildman–Crippen MR) is 90.5 cm³/mol. The number of rotatable bonds is 16. The number of ether oxygens (including phenoxy) is 4. The summed E-state index contributed by atoms with van der Waals surface area (Å²) in [5.41, 5.74) is 1.16. The van der Waals surface area contributed by atoms with Gasteiger partial charge in [0.2, 0.25) is 0 Å². The molecule has 0 spiro atoms. The molecule has 0 fully saturated rings. The van der Waals surface area contributed by atoms with Crippen molar-refractivity contribution in [3.8, 4) is 0 Å². The first-order valence-corrected chi connectivity index (χ1v) is 8.45. The quantitative estimate of drug-likeness (QED) is 0.199. The van der Waals surface area contributed by atoms with E-state index in [4.69, 9.17) is 28.7 Å². The van der Waals surface area contributed by atoms with Crippen molar-refractivity contribution in [1.82, 2.24) is 0 Å². The third-order valence-corrected chi connectivity index (χ3v) is 3.13. The average molecular weight is 342 g/mol. The molecule has 0 radical (unpaired) electrons. The molecule has 0 aliphatic carbocycles. The van der Waals surface area contributed by atoms with E-state index in [0.717, 1.165) is 18.4 Å². The monoisotopic (exact) mass is 342 g/mol. The minimum atomic E-state index is -0.311. The second kappa shape index (κ2) is 15.5. The molecule has 0 aliphatic rings. The molecule has 1 atom stereocenters. The zero-order valence-electron chi connectivity index (χ0n) is 14.8. The van der Waals surface area contributed by atoms with Crippen molar-refractivity contribution in [2.24, 2.45) is 0 Å². The molecule has 0 saturated carbocycles. The summed E-state index contributed by atoms with van der Waals surface area (Å²) in [6.07, 6.45) is 1.47. The first-order chi connectivity index (χ1) is 11.9. The first-order valence-electron chi connectivity index (χ1n) is 8.45. The van der Waals surface area contributed by atoms with Crippen LogP contribution in [0.15, 0.2) is 30.3 Å². The highest BCUT2D eigenvalue weighted by Gasteiger charge is 2.06. The molecule has 1 unspecified atom stereocenters. The van der Waals surface area contributed by atoms with Crippen molar-refractivity contribution < 1.29 is 28.7 Å². The lowest BCUT2D eigenvalue weighted by atomic mass is 10.2. The summed E-state index contributed by atoms with van der Waals surface area (Å²) in [6.45, 7) is 5.67. The van der Waals surface area contributed by atoms with Crippen LogP contribution >= 0.6 is 0 Å². The van der Waals surface area contributed by atoms with Gasteiger partial charge in [-0.3, -0.25) is 0 Å². The van der Waals surface area contributed by atoms with Gasteiger partial charge in [0.05, 0.1) is 39.6 Å². The van der Waals surface area contributed by atoms with E-state index in [2.05, 4.69) is 6.92 Å². The Labute approximate surface area is 144 Å². The average Bonchev–Trinajstić information content (AvgIpc) is 2.62. The summed E-state index contributed by atoms with van der Waals surface area (Å²) in [5.74, 6) is 0. The highest BCUT2D eigenvalue weighted by molar-refractivity contribution is 5.13. The maximum absolute atomic E-state index is 5.52. The number of benzene rings is 1. The van der Waals surface area contributed by atoms with E-state index in [1.165, 1.54) is 0 Å². The van der Waals surface area contributed by atoms with Gasteiger partial charge in [-0.1, -0.05) is 43.7 Å². The molecular formula is C18H30O6. The van der Waals surface area contributed by atoms with E-state index in [9.17, 15) is 0 Å². The lowest BCUT2D eigenvalue weighted by Crippen LogP contribution is -2.17. The van der Waals surface area contributed by atoms with Gasteiger partial charge in [0.1, 0.15) is 6.61 Å². The highest BCUT2D eigenvalue weighted by atomic mass is 17.2. The fourth-order valence-electron chi connectivity index (χ4n) is 1.86. The van der Waals surface area contributed by atoms with E-state index < -0.39 is 0 Å². The third-order valence-electron chi connectivity index (χ3n) is 3.13. The van der Waals surface area contributed by atoms with Crippen LogP contribution in [-0.2, 0) is 35.3 Å². The molecule has 0 aromatic heterocycles. The minimum absolute atomic E-state index is 0.311. The molecule has 6 heteroatoms. The molecule has 6 nitrogen and oxygen atoms in total. The Hall–Kier alpha value is -1.02. The standard InChI is InChI=1S/C18H30O6/c1-3-7-18(19-2)24-23-15-14-21-11-10-20-12-13-22-16-17-8-5-4-6-9-17/h4-6,8-9,18H,3,7,10-16H2,1-2H3. The molecule has 0 aliphatic heterocycles. The predicted octanol–water partition coefficient (Wildman–Crippen LogP) is 2.96. The van der Waals surface area contributed by atoms with E-state index in [1.54, 1.807) is 7.11 Å². The molecule has 24 heavy (non-hydrogen) atoms. The zero-order valence-corrected chi connectivity index (χ0v) is 14.8. The molecule has 1 aromatic carbocycles. The van der Waals surface area contributed by atoms with Crippen molar-refractivity contribution in [3.63, 3.8) is 0 Å². The van der Waals surface area contributed by atoms with E-state index in [0.29, 0.717) is 46.2 Å². The minimum Gasteiger partial charge on any atom is -0.377 e. The number of hydrogen-bond acceptors (Lipinski definition) is 6. The summed E-state index contributed by atoms with van der Waals surface area (Å²) in [7, 11) is 1.60. The Morgan fingerprint density at radius 1 is 0.833 bits per heavy atom. The molecule has 1 aromatic rings. The molecule has 0 heterocycles. The Balaban J connectivity index is 1.79. The van der Waals surface area contributed by atoms with Crippen molar-refractivity contribution >= 4 is 0 Å². The van der Waals surface area contributed by atoms with Gasteiger partial charge in [0, 0.05) is 13.5 Å². The summed E-state index contributed by atoms with van der Waals surface area (Å²) in [4.78, 5) is 10.1. The van der Waals surface area contributed by atoms with Gasteiger partial charge in [0.25, 0.3) is 0 Å². The topological polar surface area (TPSA) is 55.4 Å². The summed E-state index contributed by atoms with van der Waals surface area (Å²) >= 11 is 0. The third kappa shape index (κ3) is 11.5. The van der Waals surface area contributed by atoms with Gasteiger partial charge in [-0.2, -0.15) is 0 Å². The lowest BCUT2D eigenvalue weighted by molar-refractivity contribution is -0.377. The second-order valence-corrected chi connectivity index (χ2v) is 5.14. The normalized spacial score (nSPS) is 12.4. The van der Waals surface area contributed by atoms with Crippen molar-refractivity contribution in [3.05, 3.63) is 35.9 Å². The van der Waals surface area contributed by atoms with Gasteiger partial charge < -0.3 is 18.9 Å². The van der Waals surface area contributed by atoms with Crippen LogP contribution < -0.4 is 0 Å². The Kier molecular flexibility index (Phi) is 13.6. The van der Waals surface area contributed by atoms with Crippen LogP contribution in [-0.4, -0.2) is 53.0 Å². The van der Waals surface area contributed by atoms with Gasteiger partial charge in [0.15, 0.2) is 6.29 Å². The van der Waals surface area contributed by atoms with Crippen LogP contribution in [0.1, 0.15) is 25.3 Å². The first kappa shape index (κ1) is 21.0. The molecule has 0 amide bonds. The fraction of sp³-hybridized carbons (Fsp3) is 0.667. The second-order valence-electron chi connectivity index (χ2n) is 5.14. The van der Waals surface area contributed by atoms with Crippen molar-refractivity contribution in [2.75, 3.05) is 46.8 Å². The van der Waals surface area contributed by atoms with Crippen molar-refractivity contribution in [2.45, 2.75) is 32.7 Å². The number of methoxy groups -OCH3 is 1. The fourth-order valence-corrected chi connectivity index (χ4v) is 1.86. The maximum Gasteiger partial charge on any atom is 0.190 e. The molecule has 0 bridgehead atoms. The summed E-state index contributed by atoms with van der Waals surface area (Å²) in [6, 6.07) is 10.1. The Morgan fingerprint density at radius 3 is 2.08 bits per heavy atom. The number of hydrogen-bond donors (Lipinski definition) is 0. The van der Waals surface area contributed by atoms with E-state index in [-0.39, 0.29) is 6.29 Å². The van der Waals surface area contributed by atoms with E-state index >= 15 is 0 Å². The molecule has 138 valence electrons. The largest absolute Gasteiger partial charge is 0.377 e. The van der Waals surface area contributed by atoms with Gasteiger partial charge in [-0.15, -0.1) is 0 Å². The van der Waals surface area contributed by atoms with Crippen molar-refractivity contribution in [1.29, 1.82) is 0 Å². The van der Waals surface area contributed by atoms with E-state index in [1.807, 2.05) is 30.3 Å². The molecular weight excluding hydrogens is 312 g/mol. The van der Waals surface area contributed by atoms with Gasteiger partial charge in [-0.25, -0.2) is 9.78 Å². The zero-order chi connectivity index (χ0) is 17.3. The smallest absolute Gasteiger partial charge is 0.190 e. The molecule has 1 rings (SSSR count). The van der Waals surface area contributed by atoms with Crippen LogP contribution in [0.25, 0.3) is 0 Å². The van der Waals surface area contributed by atoms with Crippen LogP contribution in [0, 0.1) is 0 Å². The Morgan fingerprint density at radius 2 is 1.46 bits per heavy atom. The maximum atomic E-state index is 5.52. The van der Waals surface area contributed by atoms with Crippen LogP contribution in [0.2, 0.25) is 0 Å². The van der Waals surface area contributed by atoms with Gasteiger partial charge >= 0.3 is 0 Å². The van der Waals surface area contributed by atoms with Crippen LogP contribution in [0.4, 0.5) is 0 Å². The SMILES string of the molecule is CCCC(OC)OOCCOCCOCCOCc1ccccc1. The van der Waals surface area contributed by atoms with Crippen LogP contribution in [0.3, 0.4) is 0 Å². The molecule has 0 saturated heterocycles. The van der Waals surface area contributed by atoms with Gasteiger partial charge in [-0.05, 0) is 5.56 Å². The van der Waals surface area contributed by atoms with Crippen LogP contribution in [0.5, 0.6) is 0 Å².